The van der Waals surface area contributed by atoms with Gasteiger partial charge in [0.15, 0.2) is 16.3 Å². The van der Waals surface area contributed by atoms with Crippen molar-refractivity contribution in [2.75, 3.05) is 20.0 Å². The Hall–Kier alpha value is -3.33. The molecule has 0 fully saturated rings. The lowest BCUT2D eigenvalue weighted by Crippen LogP contribution is -2.23. The van der Waals surface area contributed by atoms with Crippen LogP contribution in [0.1, 0.15) is 24.2 Å². The molecule has 4 rings (SSSR count). The van der Waals surface area contributed by atoms with E-state index in [4.69, 9.17) is 18.9 Å². The number of nitrogens with zero attached hydrogens (tertiary/aromatic N) is 2. The van der Waals surface area contributed by atoms with Crippen molar-refractivity contribution in [3.05, 3.63) is 46.8 Å². The number of esters is 1. The van der Waals surface area contributed by atoms with E-state index in [1.807, 2.05) is 13.0 Å². The van der Waals surface area contributed by atoms with Gasteiger partial charge in [0, 0.05) is 17.7 Å². The van der Waals surface area contributed by atoms with Gasteiger partial charge < -0.3 is 23.5 Å². The molecule has 0 saturated carbocycles. The first-order valence-corrected chi connectivity index (χ1v) is 10.3. The number of carbonyl (C=O) groups excluding carboxylic acids is 2. The normalized spacial score (nSPS) is 12.9. The first kappa shape index (κ1) is 20.0. The lowest BCUT2D eigenvalue weighted by Gasteiger charge is -2.06. The summed E-state index contributed by atoms with van der Waals surface area (Å²) in [5.74, 6) is 1.06. The van der Waals surface area contributed by atoms with Crippen LogP contribution in [0.5, 0.6) is 17.2 Å². The van der Waals surface area contributed by atoms with E-state index in [0.717, 1.165) is 10.2 Å². The molecule has 0 saturated heterocycles. The summed E-state index contributed by atoms with van der Waals surface area (Å²) in [4.78, 5) is 29.6. The Kier molecular flexibility index (Phi) is 5.71. The number of carbonyl (C=O) groups is 2. The van der Waals surface area contributed by atoms with Crippen molar-refractivity contribution >= 4 is 33.4 Å². The van der Waals surface area contributed by atoms with Gasteiger partial charge in [-0.25, -0.2) is 0 Å². The number of hydrogen-bond acceptors (Lipinski definition) is 7. The Morgan fingerprint density at radius 1 is 1.10 bits per heavy atom. The molecule has 0 unspecified atom stereocenters. The molecule has 1 aliphatic rings. The standard InChI is InChI=1S/C21H20N2O6S/c1-3-26-14-7-5-13(6-8-14)20(25)22-21-23(11-19(24)27-4-2)15-9-16-17(29-12-28-16)10-18(15)30-21/h5-10H,3-4,11-12H2,1-2H3. The van der Waals surface area contributed by atoms with Crippen LogP contribution in [-0.2, 0) is 16.1 Å². The lowest BCUT2D eigenvalue weighted by atomic mass is 10.2. The minimum Gasteiger partial charge on any atom is -0.494 e. The highest BCUT2D eigenvalue weighted by Gasteiger charge is 2.19. The molecule has 0 bridgehead atoms. The largest absolute Gasteiger partial charge is 0.494 e. The summed E-state index contributed by atoms with van der Waals surface area (Å²) in [6.07, 6.45) is 0. The Morgan fingerprint density at radius 3 is 2.53 bits per heavy atom. The van der Waals surface area contributed by atoms with Crippen molar-refractivity contribution in [3.63, 3.8) is 0 Å². The predicted octanol–water partition coefficient (Wildman–Crippen LogP) is 3.13. The van der Waals surface area contributed by atoms with Gasteiger partial charge in [0.1, 0.15) is 12.3 Å². The highest BCUT2D eigenvalue weighted by molar-refractivity contribution is 7.16. The van der Waals surface area contributed by atoms with Crippen molar-refractivity contribution in [3.8, 4) is 17.2 Å². The van der Waals surface area contributed by atoms with Gasteiger partial charge in [-0.15, -0.1) is 0 Å². The topological polar surface area (TPSA) is 88.4 Å². The fourth-order valence-electron chi connectivity index (χ4n) is 3.05. The number of ether oxygens (including phenoxy) is 4. The van der Waals surface area contributed by atoms with Crippen molar-refractivity contribution < 1.29 is 28.5 Å². The quantitative estimate of drug-likeness (QED) is 0.561. The van der Waals surface area contributed by atoms with E-state index in [-0.39, 0.29) is 19.9 Å². The van der Waals surface area contributed by atoms with Crippen LogP contribution in [0.15, 0.2) is 41.4 Å². The number of aromatic nitrogens is 1. The molecule has 1 aromatic heterocycles. The monoisotopic (exact) mass is 428 g/mol. The summed E-state index contributed by atoms with van der Waals surface area (Å²) in [5.41, 5.74) is 1.14. The molecule has 156 valence electrons. The average molecular weight is 428 g/mol. The highest BCUT2D eigenvalue weighted by atomic mass is 32.1. The van der Waals surface area contributed by atoms with E-state index in [1.54, 1.807) is 41.8 Å². The van der Waals surface area contributed by atoms with Crippen LogP contribution >= 0.6 is 11.3 Å². The Labute approximate surface area is 176 Å². The van der Waals surface area contributed by atoms with Gasteiger partial charge in [0.25, 0.3) is 5.91 Å². The van der Waals surface area contributed by atoms with Crippen LogP contribution in [0.4, 0.5) is 0 Å². The molecular formula is C21H20N2O6S. The molecule has 3 aromatic rings. The van der Waals surface area contributed by atoms with Crippen molar-refractivity contribution in [2.24, 2.45) is 4.99 Å². The van der Waals surface area contributed by atoms with Gasteiger partial charge in [-0.3, -0.25) is 9.59 Å². The van der Waals surface area contributed by atoms with Crippen molar-refractivity contribution in [1.82, 2.24) is 4.57 Å². The molecule has 0 N–H and O–H groups in total. The number of thiazole rings is 1. The summed E-state index contributed by atoms with van der Waals surface area (Å²) in [5, 5.41) is 0. The Morgan fingerprint density at radius 2 is 1.83 bits per heavy atom. The molecule has 0 radical (unpaired) electrons. The van der Waals surface area contributed by atoms with Crippen LogP contribution in [0, 0.1) is 0 Å². The van der Waals surface area contributed by atoms with Crippen LogP contribution in [0.25, 0.3) is 10.2 Å². The van der Waals surface area contributed by atoms with Crippen LogP contribution < -0.4 is 19.0 Å². The summed E-state index contributed by atoms with van der Waals surface area (Å²) in [6.45, 7) is 4.54. The molecule has 2 aromatic carbocycles. The minimum atomic E-state index is -0.415. The number of hydrogen-bond donors (Lipinski definition) is 0. The third kappa shape index (κ3) is 4.02. The fraction of sp³-hybridized carbons (Fsp3) is 0.286. The smallest absolute Gasteiger partial charge is 0.326 e. The first-order valence-electron chi connectivity index (χ1n) is 9.49. The number of fused-ring (bicyclic) bond motifs is 2. The zero-order chi connectivity index (χ0) is 21.1. The van der Waals surface area contributed by atoms with Crippen molar-refractivity contribution in [1.29, 1.82) is 0 Å². The average Bonchev–Trinajstić information content (AvgIpc) is 3.31. The molecule has 2 heterocycles. The van der Waals surface area contributed by atoms with Crippen LogP contribution in [0.3, 0.4) is 0 Å². The van der Waals surface area contributed by atoms with E-state index in [0.29, 0.717) is 34.2 Å². The SMILES string of the molecule is CCOC(=O)Cn1c(=NC(=O)c2ccc(OCC)cc2)sc2cc3c(cc21)OCO3. The maximum Gasteiger partial charge on any atom is 0.326 e. The number of benzene rings is 2. The van der Waals surface area contributed by atoms with Gasteiger partial charge in [0.05, 0.1) is 23.4 Å². The van der Waals surface area contributed by atoms with E-state index in [1.165, 1.54) is 11.3 Å². The molecule has 1 amide bonds. The zero-order valence-electron chi connectivity index (χ0n) is 16.5. The maximum absolute atomic E-state index is 12.7. The molecule has 0 spiro atoms. The van der Waals surface area contributed by atoms with E-state index >= 15 is 0 Å². The van der Waals surface area contributed by atoms with Crippen molar-refractivity contribution in [2.45, 2.75) is 20.4 Å². The van der Waals surface area contributed by atoms with Gasteiger partial charge in [0.2, 0.25) is 6.79 Å². The Balaban J connectivity index is 1.76. The highest BCUT2D eigenvalue weighted by Crippen LogP contribution is 2.37. The molecule has 9 heteroatoms. The van der Waals surface area contributed by atoms with Gasteiger partial charge in [-0.1, -0.05) is 11.3 Å². The zero-order valence-corrected chi connectivity index (χ0v) is 17.4. The maximum atomic E-state index is 12.7. The van der Waals surface area contributed by atoms with Crippen LogP contribution in [0.2, 0.25) is 0 Å². The third-order valence-corrected chi connectivity index (χ3v) is 5.42. The van der Waals surface area contributed by atoms with E-state index in [9.17, 15) is 9.59 Å². The summed E-state index contributed by atoms with van der Waals surface area (Å²) in [6, 6.07) is 10.4. The second-order valence-corrected chi connectivity index (χ2v) is 7.33. The third-order valence-electron chi connectivity index (χ3n) is 4.38. The number of amides is 1. The Bertz CT molecular complexity index is 1160. The van der Waals surface area contributed by atoms with Gasteiger partial charge in [-0.05, 0) is 38.1 Å². The summed E-state index contributed by atoms with van der Waals surface area (Å²) < 4.78 is 23.8. The fourth-order valence-corrected chi connectivity index (χ4v) is 4.08. The summed E-state index contributed by atoms with van der Waals surface area (Å²) >= 11 is 1.29. The second kappa shape index (κ2) is 8.58. The number of rotatable bonds is 6. The molecule has 0 atom stereocenters. The van der Waals surface area contributed by atoms with Gasteiger partial charge in [-0.2, -0.15) is 4.99 Å². The van der Waals surface area contributed by atoms with Crippen LogP contribution in [-0.4, -0.2) is 36.5 Å². The van der Waals surface area contributed by atoms with Gasteiger partial charge >= 0.3 is 5.97 Å². The molecule has 8 nitrogen and oxygen atoms in total. The molecular weight excluding hydrogens is 408 g/mol. The first-order chi connectivity index (χ1) is 14.6. The lowest BCUT2D eigenvalue weighted by molar-refractivity contribution is -0.143. The van der Waals surface area contributed by atoms with E-state index in [2.05, 4.69) is 4.99 Å². The van der Waals surface area contributed by atoms with E-state index < -0.39 is 11.9 Å². The molecule has 0 aliphatic carbocycles. The second-order valence-electron chi connectivity index (χ2n) is 6.32. The molecule has 1 aliphatic heterocycles. The predicted molar refractivity (Wildman–Crippen MR) is 110 cm³/mol. The summed E-state index contributed by atoms with van der Waals surface area (Å²) in [7, 11) is 0. The minimum absolute atomic E-state index is 0.0666. The molecule has 30 heavy (non-hydrogen) atoms.